The van der Waals surface area contributed by atoms with Crippen molar-refractivity contribution in [2.75, 3.05) is 13.2 Å². The Morgan fingerprint density at radius 1 is 0.396 bits per heavy atom. The molecule has 284 valence electrons. The molecule has 0 fully saturated rings. The normalized spacial score (nSPS) is 12.1. The number of carbonyl (C=O) groups is 3. The third-order valence-corrected chi connectivity index (χ3v) is 9.22. The van der Waals surface area contributed by atoms with E-state index in [0.717, 1.165) is 76.0 Å². The molecule has 0 saturated heterocycles. The molecular weight excluding hydrogens is 600 g/mol. The first-order valence-electron chi connectivity index (χ1n) is 20.7. The van der Waals surface area contributed by atoms with E-state index in [1.807, 2.05) is 0 Å². The molecule has 0 aliphatic carbocycles. The third-order valence-electron chi connectivity index (χ3n) is 9.22. The van der Waals surface area contributed by atoms with Crippen LogP contribution in [0.3, 0.4) is 0 Å². The summed E-state index contributed by atoms with van der Waals surface area (Å²) in [7, 11) is 0. The lowest BCUT2D eigenvalue weighted by atomic mass is 10.0. The van der Waals surface area contributed by atoms with Gasteiger partial charge in [-0.1, -0.05) is 182 Å². The first-order chi connectivity index (χ1) is 23.2. The van der Waals surface area contributed by atoms with Gasteiger partial charge < -0.3 is 14.2 Å². The molecule has 0 N–H and O–H groups in total. The van der Waals surface area contributed by atoms with E-state index in [9.17, 15) is 14.4 Å². The summed E-state index contributed by atoms with van der Waals surface area (Å²) in [5.74, 6) is 0.743. The van der Waals surface area contributed by atoms with Gasteiger partial charge in [0.15, 0.2) is 6.10 Å². The van der Waals surface area contributed by atoms with Crippen molar-refractivity contribution in [3.05, 3.63) is 0 Å². The lowest BCUT2D eigenvalue weighted by Gasteiger charge is -2.18. The molecule has 0 amide bonds. The molecule has 0 aliphatic heterocycles. The predicted molar refractivity (Wildman–Crippen MR) is 201 cm³/mol. The van der Waals surface area contributed by atoms with Crippen LogP contribution in [0.2, 0.25) is 0 Å². The van der Waals surface area contributed by atoms with E-state index in [4.69, 9.17) is 14.2 Å². The second-order valence-corrected chi connectivity index (χ2v) is 15.2. The van der Waals surface area contributed by atoms with Gasteiger partial charge in [-0.25, -0.2) is 0 Å². The van der Waals surface area contributed by atoms with Crippen LogP contribution >= 0.6 is 0 Å². The van der Waals surface area contributed by atoms with Gasteiger partial charge in [0.05, 0.1) is 0 Å². The zero-order chi connectivity index (χ0) is 35.5. The van der Waals surface area contributed by atoms with Gasteiger partial charge in [-0.05, 0) is 31.1 Å². The summed E-state index contributed by atoms with van der Waals surface area (Å²) in [6, 6.07) is 0. The van der Waals surface area contributed by atoms with E-state index < -0.39 is 6.10 Å². The van der Waals surface area contributed by atoms with Gasteiger partial charge in [-0.2, -0.15) is 0 Å². The molecule has 0 heterocycles. The molecule has 0 radical (unpaired) electrons. The van der Waals surface area contributed by atoms with Gasteiger partial charge in [-0.3, -0.25) is 14.4 Å². The largest absolute Gasteiger partial charge is 0.462 e. The number of hydrogen-bond acceptors (Lipinski definition) is 6. The van der Waals surface area contributed by atoms with Crippen LogP contribution in [-0.4, -0.2) is 37.2 Å². The molecule has 0 rings (SSSR count). The fraction of sp³-hybridized carbons (Fsp3) is 0.929. The molecule has 6 nitrogen and oxygen atoms in total. The van der Waals surface area contributed by atoms with E-state index in [0.29, 0.717) is 19.3 Å². The minimum Gasteiger partial charge on any atom is -0.462 e. The lowest BCUT2D eigenvalue weighted by molar-refractivity contribution is -0.167. The van der Waals surface area contributed by atoms with Gasteiger partial charge in [0.2, 0.25) is 0 Å². The minimum atomic E-state index is -0.758. The molecule has 1 atom stereocenters. The second kappa shape index (κ2) is 35.2. The molecule has 0 bridgehead atoms. The van der Waals surface area contributed by atoms with Crippen LogP contribution in [0.1, 0.15) is 221 Å². The maximum atomic E-state index is 12.6. The van der Waals surface area contributed by atoms with E-state index in [1.165, 1.54) is 103 Å². The summed E-state index contributed by atoms with van der Waals surface area (Å²) in [4.78, 5) is 37.3. The number of carbonyl (C=O) groups excluding carboxylic acids is 3. The summed E-state index contributed by atoms with van der Waals surface area (Å²) in [6.45, 7) is 11.2. The molecular formula is C42H80O6. The molecule has 6 heteroatoms. The predicted octanol–water partition coefficient (Wildman–Crippen LogP) is 12.6. The fourth-order valence-electron chi connectivity index (χ4n) is 6.05. The topological polar surface area (TPSA) is 78.9 Å². The van der Waals surface area contributed by atoms with Crippen molar-refractivity contribution in [2.24, 2.45) is 11.8 Å². The van der Waals surface area contributed by atoms with Gasteiger partial charge in [-0.15, -0.1) is 0 Å². The van der Waals surface area contributed by atoms with Crippen LogP contribution in [0.5, 0.6) is 0 Å². The van der Waals surface area contributed by atoms with Gasteiger partial charge in [0.1, 0.15) is 13.2 Å². The van der Waals surface area contributed by atoms with Gasteiger partial charge in [0, 0.05) is 19.3 Å². The number of esters is 3. The zero-order valence-electron chi connectivity index (χ0n) is 32.6. The Morgan fingerprint density at radius 3 is 1.02 bits per heavy atom. The van der Waals surface area contributed by atoms with Crippen LogP contribution in [0.25, 0.3) is 0 Å². The Balaban J connectivity index is 4.24. The van der Waals surface area contributed by atoms with Crippen molar-refractivity contribution >= 4 is 17.9 Å². The molecule has 0 aromatic heterocycles. The highest BCUT2D eigenvalue weighted by Crippen LogP contribution is 2.16. The van der Waals surface area contributed by atoms with Crippen LogP contribution in [0.15, 0.2) is 0 Å². The maximum Gasteiger partial charge on any atom is 0.306 e. The first-order valence-corrected chi connectivity index (χ1v) is 20.7. The molecule has 0 aromatic carbocycles. The Hall–Kier alpha value is -1.59. The van der Waals surface area contributed by atoms with Crippen molar-refractivity contribution in [1.29, 1.82) is 0 Å². The highest BCUT2D eigenvalue weighted by Gasteiger charge is 2.19. The van der Waals surface area contributed by atoms with E-state index in [1.54, 1.807) is 0 Å². The Bertz CT molecular complexity index is 734. The van der Waals surface area contributed by atoms with Crippen molar-refractivity contribution in [3.63, 3.8) is 0 Å². The smallest absolute Gasteiger partial charge is 0.306 e. The number of rotatable bonds is 36. The third kappa shape index (κ3) is 35.7. The minimum absolute atomic E-state index is 0.0670. The van der Waals surface area contributed by atoms with E-state index in [2.05, 4.69) is 34.6 Å². The average Bonchev–Trinajstić information content (AvgIpc) is 3.04. The standard InChI is InChI=1S/C42H80O6/c1-6-7-8-20-27-32-40(43)46-35-39(36-47-41(44)33-28-23-18-15-14-17-22-26-31-38(4)5)48-42(45)34-29-24-19-13-11-9-10-12-16-21-25-30-37(2)3/h37-39H,6-36H2,1-5H3/t39-/m0/s1. The number of hydrogen-bond donors (Lipinski definition) is 0. The number of ether oxygens (including phenoxy) is 3. The van der Waals surface area contributed by atoms with Crippen LogP contribution < -0.4 is 0 Å². The summed E-state index contributed by atoms with van der Waals surface area (Å²) < 4.78 is 16.5. The summed E-state index contributed by atoms with van der Waals surface area (Å²) in [5, 5.41) is 0. The van der Waals surface area contributed by atoms with Gasteiger partial charge >= 0.3 is 17.9 Å². The lowest BCUT2D eigenvalue weighted by Crippen LogP contribution is -2.30. The second-order valence-electron chi connectivity index (χ2n) is 15.2. The highest BCUT2D eigenvalue weighted by molar-refractivity contribution is 5.71. The fourth-order valence-corrected chi connectivity index (χ4v) is 6.05. The monoisotopic (exact) mass is 681 g/mol. The summed E-state index contributed by atoms with van der Waals surface area (Å²) in [5.41, 5.74) is 0. The molecule has 0 aromatic rings. The van der Waals surface area contributed by atoms with Crippen LogP contribution in [0.4, 0.5) is 0 Å². The molecule has 0 aliphatic rings. The quantitative estimate of drug-likeness (QED) is 0.0372. The Labute approximate surface area is 298 Å². The van der Waals surface area contributed by atoms with Crippen LogP contribution in [-0.2, 0) is 28.6 Å². The maximum absolute atomic E-state index is 12.6. The first kappa shape index (κ1) is 46.4. The van der Waals surface area contributed by atoms with Crippen molar-refractivity contribution in [2.45, 2.75) is 227 Å². The van der Waals surface area contributed by atoms with Crippen molar-refractivity contribution < 1.29 is 28.6 Å². The SMILES string of the molecule is CCCCCCCC(=O)OC[C@@H](COC(=O)CCCCCCCCCCC(C)C)OC(=O)CCCCCCCCCCCCCC(C)C. The molecule has 0 spiro atoms. The number of unbranched alkanes of at least 4 members (excludes halogenated alkanes) is 21. The Kier molecular flexibility index (Phi) is 34.1. The zero-order valence-corrected chi connectivity index (χ0v) is 32.6. The molecule has 48 heavy (non-hydrogen) atoms. The molecule has 0 unspecified atom stereocenters. The van der Waals surface area contributed by atoms with E-state index in [-0.39, 0.29) is 31.1 Å². The Morgan fingerprint density at radius 2 is 0.688 bits per heavy atom. The molecule has 0 saturated carbocycles. The highest BCUT2D eigenvalue weighted by atomic mass is 16.6. The van der Waals surface area contributed by atoms with Gasteiger partial charge in [0.25, 0.3) is 0 Å². The summed E-state index contributed by atoms with van der Waals surface area (Å²) in [6.07, 6.45) is 31.2. The van der Waals surface area contributed by atoms with E-state index >= 15 is 0 Å². The van der Waals surface area contributed by atoms with Crippen molar-refractivity contribution in [1.82, 2.24) is 0 Å². The summed E-state index contributed by atoms with van der Waals surface area (Å²) >= 11 is 0. The van der Waals surface area contributed by atoms with Crippen LogP contribution in [0, 0.1) is 11.8 Å². The average molecular weight is 681 g/mol. The van der Waals surface area contributed by atoms with Crippen molar-refractivity contribution in [3.8, 4) is 0 Å².